The number of nitriles is 1. The van der Waals surface area contributed by atoms with Crippen LogP contribution in [0.2, 0.25) is 0 Å². The number of carbonyl (C=O) groups excluding carboxylic acids is 1. The average molecular weight is 257 g/mol. The van der Waals surface area contributed by atoms with Crippen molar-refractivity contribution in [2.24, 2.45) is 5.92 Å². The van der Waals surface area contributed by atoms with Gasteiger partial charge in [0.15, 0.2) is 0 Å². The van der Waals surface area contributed by atoms with Crippen LogP contribution in [0, 0.1) is 17.2 Å². The van der Waals surface area contributed by atoms with Crippen LogP contribution in [0.15, 0.2) is 24.3 Å². The van der Waals surface area contributed by atoms with Gasteiger partial charge in [0.1, 0.15) is 6.54 Å². The van der Waals surface area contributed by atoms with E-state index in [1.807, 2.05) is 6.07 Å². The molecule has 1 fully saturated rings. The number of hydrogen-bond acceptors (Lipinski definition) is 2. The maximum atomic E-state index is 11.6. The normalized spacial score (nSPS) is 18.5. The van der Waals surface area contributed by atoms with E-state index < -0.39 is 0 Å². The van der Waals surface area contributed by atoms with Crippen LogP contribution in [0.1, 0.15) is 31.0 Å². The van der Waals surface area contributed by atoms with E-state index in [0.29, 0.717) is 12.5 Å². The first-order valence-electron chi connectivity index (χ1n) is 6.61. The molecule has 0 aliphatic carbocycles. The van der Waals surface area contributed by atoms with Crippen molar-refractivity contribution in [3.8, 4) is 6.07 Å². The number of carbonyl (C=O) groups is 1. The van der Waals surface area contributed by atoms with E-state index >= 15 is 0 Å². The van der Waals surface area contributed by atoms with Gasteiger partial charge in [-0.05, 0) is 23.5 Å². The monoisotopic (exact) mass is 257 g/mol. The van der Waals surface area contributed by atoms with Crippen molar-refractivity contribution in [1.29, 1.82) is 5.26 Å². The Balaban J connectivity index is 2.03. The third kappa shape index (κ3) is 3.25. The quantitative estimate of drug-likeness (QED) is 0.842. The van der Waals surface area contributed by atoms with E-state index in [2.05, 4.69) is 43.4 Å². The average Bonchev–Trinajstić information content (AvgIpc) is 2.72. The first-order valence-corrected chi connectivity index (χ1v) is 6.61. The molecule has 1 saturated heterocycles. The van der Waals surface area contributed by atoms with Crippen molar-refractivity contribution >= 4 is 6.03 Å². The third-order valence-electron chi connectivity index (χ3n) is 3.28. The van der Waals surface area contributed by atoms with Gasteiger partial charge in [0.05, 0.1) is 12.1 Å². The van der Waals surface area contributed by atoms with Crippen LogP contribution in [0.5, 0.6) is 0 Å². The first kappa shape index (κ1) is 13.4. The minimum absolute atomic E-state index is 0.00560. The second kappa shape index (κ2) is 5.75. The van der Waals surface area contributed by atoms with Crippen LogP contribution in [0.3, 0.4) is 0 Å². The molecule has 1 unspecified atom stereocenters. The maximum Gasteiger partial charge on any atom is 0.318 e. The molecule has 1 aromatic carbocycles. The van der Waals surface area contributed by atoms with Crippen LogP contribution >= 0.6 is 0 Å². The summed E-state index contributed by atoms with van der Waals surface area (Å²) >= 11 is 0. The molecule has 0 saturated carbocycles. The number of urea groups is 1. The highest BCUT2D eigenvalue weighted by Gasteiger charge is 2.29. The highest BCUT2D eigenvalue weighted by molar-refractivity contribution is 5.77. The summed E-state index contributed by atoms with van der Waals surface area (Å²) in [5.74, 6) is 0.642. The molecule has 4 nitrogen and oxygen atoms in total. The molecule has 0 bridgehead atoms. The van der Waals surface area contributed by atoms with E-state index in [0.717, 1.165) is 12.0 Å². The predicted molar refractivity (Wildman–Crippen MR) is 73.4 cm³/mol. The molecule has 1 atom stereocenters. The predicted octanol–water partition coefficient (Wildman–Crippen LogP) is 2.47. The molecule has 0 spiro atoms. The van der Waals surface area contributed by atoms with Crippen molar-refractivity contribution < 1.29 is 4.79 Å². The molecule has 100 valence electrons. The maximum absolute atomic E-state index is 11.6. The van der Waals surface area contributed by atoms with Gasteiger partial charge in [-0.2, -0.15) is 5.26 Å². The van der Waals surface area contributed by atoms with Crippen LogP contribution in [-0.2, 0) is 6.42 Å². The summed E-state index contributed by atoms with van der Waals surface area (Å²) in [5.41, 5.74) is 2.42. The lowest BCUT2D eigenvalue weighted by Gasteiger charge is -2.12. The molecule has 1 aromatic rings. The van der Waals surface area contributed by atoms with Gasteiger partial charge in [0.25, 0.3) is 0 Å². The smallest absolute Gasteiger partial charge is 0.318 e. The van der Waals surface area contributed by atoms with Crippen LogP contribution in [0.25, 0.3) is 0 Å². The fourth-order valence-electron chi connectivity index (χ4n) is 2.36. The zero-order valence-electron chi connectivity index (χ0n) is 11.4. The fraction of sp³-hybridized carbons (Fsp3) is 0.467. The van der Waals surface area contributed by atoms with Crippen LogP contribution in [0.4, 0.5) is 4.79 Å². The SMILES string of the molecule is CC(C)Cc1ccc(C2CN(CC#N)C(=O)N2)cc1. The van der Waals surface area contributed by atoms with Crippen LogP contribution < -0.4 is 5.32 Å². The highest BCUT2D eigenvalue weighted by Crippen LogP contribution is 2.21. The summed E-state index contributed by atoms with van der Waals surface area (Å²) in [7, 11) is 0. The highest BCUT2D eigenvalue weighted by atomic mass is 16.2. The fourth-order valence-corrected chi connectivity index (χ4v) is 2.36. The second-order valence-corrected chi connectivity index (χ2v) is 5.38. The lowest BCUT2D eigenvalue weighted by Crippen LogP contribution is -2.28. The Morgan fingerprint density at radius 1 is 1.42 bits per heavy atom. The molecule has 4 heteroatoms. The number of rotatable bonds is 4. The van der Waals surface area contributed by atoms with Gasteiger partial charge >= 0.3 is 6.03 Å². The number of benzene rings is 1. The Morgan fingerprint density at radius 2 is 2.11 bits per heavy atom. The van der Waals surface area contributed by atoms with Gasteiger partial charge in [-0.25, -0.2) is 4.79 Å². The van der Waals surface area contributed by atoms with Crippen molar-refractivity contribution in [2.45, 2.75) is 26.3 Å². The summed E-state index contributed by atoms with van der Waals surface area (Å²) in [5, 5.41) is 11.6. The van der Waals surface area contributed by atoms with E-state index in [-0.39, 0.29) is 18.6 Å². The molecular weight excluding hydrogens is 238 g/mol. The van der Waals surface area contributed by atoms with Gasteiger partial charge in [-0.1, -0.05) is 38.1 Å². The number of nitrogens with zero attached hydrogens (tertiary/aromatic N) is 2. The molecule has 1 aliphatic rings. The Kier molecular flexibility index (Phi) is 4.06. The summed E-state index contributed by atoms with van der Waals surface area (Å²) in [6.45, 7) is 5.11. The molecule has 2 amide bonds. The van der Waals surface area contributed by atoms with E-state index in [1.54, 1.807) is 0 Å². The standard InChI is InChI=1S/C15H19N3O/c1-11(2)9-12-3-5-13(6-4-12)14-10-18(8-7-16)15(19)17-14/h3-6,11,14H,8-10H2,1-2H3,(H,17,19). The zero-order valence-corrected chi connectivity index (χ0v) is 11.4. The lowest BCUT2D eigenvalue weighted by atomic mass is 9.99. The largest absolute Gasteiger partial charge is 0.329 e. The Bertz CT molecular complexity index is 487. The first-order chi connectivity index (χ1) is 9.10. The number of nitrogens with one attached hydrogen (secondary N) is 1. The molecular formula is C15H19N3O. The molecule has 0 aromatic heterocycles. The second-order valence-electron chi connectivity index (χ2n) is 5.38. The summed E-state index contributed by atoms with van der Waals surface area (Å²) in [4.78, 5) is 13.2. The summed E-state index contributed by atoms with van der Waals surface area (Å²) in [6, 6.07) is 10.2. The van der Waals surface area contributed by atoms with E-state index in [9.17, 15) is 4.79 Å². The lowest BCUT2D eigenvalue weighted by molar-refractivity contribution is 0.222. The minimum atomic E-state index is -0.155. The minimum Gasteiger partial charge on any atom is -0.329 e. The van der Waals surface area contributed by atoms with E-state index in [1.165, 1.54) is 10.5 Å². The molecule has 1 N–H and O–H groups in total. The van der Waals surface area contributed by atoms with Crippen LogP contribution in [-0.4, -0.2) is 24.0 Å². The van der Waals surface area contributed by atoms with Crippen molar-refractivity contribution in [2.75, 3.05) is 13.1 Å². The molecule has 1 aliphatic heterocycles. The van der Waals surface area contributed by atoms with Gasteiger partial charge in [0.2, 0.25) is 0 Å². The third-order valence-corrected chi connectivity index (χ3v) is 3.28. The molecule has 0 radical (unpaired) electrons. The number of hydrogen-bond donors (Lipinski definition) is 1. The Hall–Kier alpha value is -2.02. The molecule has 19 heavy (non-hydrogen) atoms. The molecule has 2 rings (SSSR count). The van der Waals surface area contributed by atoms with Gasteiger partial charge in [0, 0.05) is 6.54 Å². The van der Waals surface area contributed by atoms with Gasteiger partial charge in [-0.3, -0.25) is 0 Å². The van der Waals surface area contributed by atoms with Gasteiger partial charge in [-0.15, -0.1) is 0 Å². The number of amides is 2. The van der Waals surface area contributed by atoms with E-state index in [4.69, 9.17) is 5.26 Å². The summed E-state index contributed by atoms with van der Waals surface area (Å²) < 4.78 is 0. The Labute approximate surface area is 114 Å². The topological polar surface area (TPSA) is 56.1 Å². The van der Waals surface area contributed by atoms with Crippen molar-refractivity contribution in [3.63, 3.8) is 0 Å². The van der Waals surface area contributed by atoms with Crippen molar-refractivity contribution in [3.05, 3.63) is 35.4 Å². The molecule has 1 heterocycles. The zero-order chi connectivity index (χ0) is 13.8. The summed E-state index contributed by atoms with van der Waals surface area (Å²) in [6.07, 6.45) is 1.07. The Morgan fingerprint density at radius 3 is 2.68 bits per heavy atom. The van der Waals surface area contributed by atoms with Gasteiger partial charge < -0.3 is 10.2 Å². The van der Waals surface area contributed by atoms with Crippen molar-refractivity contribution in [1.82, 2.24) is 10.2 Å².